The maximum Gasteiger partial charge on any atom is 0.256 e. The van der Waals surface area contributed by atoms with Crippen LogP contribution in [0.1, 0.15) is 52.7 Å². The lowest BCUT2D eigenvalue weighted by atomic mass is 9.30. The second kappa shape index (κ2) is 17.8. The van der Waals surface area contributed by atoms with Crippen molar-refractivity contribution in [2.75, 3.05) is 14.7 Å². The van der Waals surface area contributed by atoms with E-state index < -0.39 is 0 Å². The summed E-state index contributed by atoms with van der Waals surface area (Å²) in [4.78, 5) is 7.67. The third-order valence-corrected chi connectivity index (χ3v) is 19.5. The number of ether oxygens (including phenoxy) is 1. The molecule has 0 amide bonds. The van der Waals surface area contributed by atoms with Crippen molar-refractivity contribution in [3.8, 4) is 11.5 Å². The van der Waals surface area contributed by atoms with Crippen LogP contribution in [0.5, 0.6) is 11.5 Å². The first-order chi connectivity index (χ1) is 41.9. The Morgan fingerprint density at radius 3 is 1.10 bits per heavy atom. The number of rotatable bonds is 3. The van der Waals surface area contributed by atoms with Crippen LogP contribution >= 0.6 is 0 Å². The van der Waals surface area contributed by atoms with Crippen LogP contribution in [0.3, 0.4) is 0 Å². The summed E-state index contributed by atoms with van der Waals surface area (Å²) < 4.78 is 7.72. The Morgan fingerprint density at radius 2 is 0.628 bits per heavy atom. The molecular formula is C80H59B2N3O. The molecule has 0 atom stereocenters. The summed E-state index contributed by atoms with van der Waals surface area (Å²) in [6.07, 6.45) is 0. The Labute approximate surface area is 502 Å². The van der Waals surface area contributed by atoms with Crippen molar-refractivity contribution in [2.24, 2.45) is 0 Å². The van der Waals surface area contributed by atoms with Crippen molar-refractivity contribution >= 4 is 162 Å². The Kier molecular flexibility index (Phi) is 10.2. The van der Waals surface area contributed by atoms with E-state index in [1.54, 1.807) is 0 Å². The van der Waals surface area contributed by atoms with E-state index in [0.717, 1.165) is 39.9 Å². The summed E-state index contributed by atoms with van der Waals surface area (Å²) in [5, 5.41) is 15.1. The first kappa shape index (κ1) is 49.4. The van der Waals surface area contributed by atoms with E-state index in [4.69, 9.17) is 4.74 Å². The van der Waals surface area contributed by atoms with E-state index in [0.29, 0.717) is 0 Å². The molecule has 406 valence electrons. The number of anilines is 9. The standard InChI is InChI=1S/C80H59B2N3O/c1-79(2,3)48-40-72-77-73(41-48)85(52-37-39-62-58-29-13-11-25-54(58)56-27-15-17-31-60(56)64(62)45-52)71-47-75-68(46-67(71)81(77)65-32-18-20-34-69(65)83(72)50-22-8-7-9-23-50)82-66-33-19-21-35-70(66)84(74-42-49(80(4,5)6)43-76(86-75)78(74)82)51-36-38-61-57-28-12-10-24-53(57)55-26-14-16-30-59(55)63(61)44-51/h7-47H,1-6H3. The fourth-order valence-corrected chi connectivity index (χ4v) is 15.5. The Hall–Kier alpha value is -10.0. The van der Waals surface area contributed by atoms with Crippen molar-refractivity contribution in [3.63, 3.8) is 0 Å². The van der Waals surface area contributed by atoms with Gasteiger partial charge in [-0.05, 0) is 192 Å². The average molecular weight is 1100 g/mol. The third kappa shape index (κ3) is 6.96. The SMILES string of the molecule is CC(C)(C)c1cc2c3c(c1)N(c1ccc4c5ccccc5c5ccccc5c4c1)c1ccccc1B3c1cc3c(cc1O2)N(c1ccc2c4ccccc4c4ccccc4c2c1)c1cc(C(C)(C)C)cc2c1B3c1ccccc1N2c1ccccc1. The van der Waals surface area contributed by atoms with Gasteiger partial charge in [0.1, 0.15) is 11.5 Å². The topological polar surface area (TPSA) is 19.0 Å². The van der Waals surface area contributed by atoms with Crippen molar-refractivity contribution in [1.82, 2.24) is 0 Å². The van der Waals surface area contributed by atoms with Crippen molar-refractivity contribution in [1.29, 1.82) is 0 Å². The molecule has 18 rings (SSSR count). The predicted molar refractivity (Wildman–Crippen MR) is 369 cm³/mol. The summed E-state index contributed by atoms with van der Waals surface area (Å²) in [7, 11) is 0. The summed E-state index contributed by atoms with van der Waals surface area (Å²) in [6, 6.07) is 94.2. The van der Waals surface area contributed by atoms with Gasteiger partial charge in [0.05, 0.1) is 0 Å². The lowest BCUT2D eigenvalue weighted by Gasteiger charge is -2.46. The highest BCUT2D eigenvalue weighted by molar-refractivity contribution is 7.02. The summed E-state index contributed by atoms with van der Waals surface area (Å²) >= 11 is 0. The van der Waals surface area contributed by atoms with Gasteiger partial charge in [-0.15, -0.1) is 0 Å². The van der Waals surface area contributed by atoms with Gasteiger partial charge in [-0.1, -0.05) is 211 Å². The Morgan fingerprint density at radius 1 is 0.256 bits per heavy atom. The molecule has 0 unspecified atom stereocenters. The largest absolute Gasteiger partial charge is 0.458 e. The monoisotopic (exact) mass is 1100 g/mol. The van der Waals surface area contributed by atoms with Gasteiger partial charge < -0.3 is 19.4 Å². The minimum Gasteiger partial charge on any atom is -0.458 e. The Bertz CT molecular complexity index is 5220. The quantitative estimate of drug-likeness (QED) is 0.130. The molecule has 14 aromatic carbocycles. The molecule has 4 aliphatic heterocycles. The van der Waals surface area contributed by atoms with E-state index in [2.05, 4.69) is 305 Å². The first-order valence-corrected chi connectivity index (χ1v) is 30.5. The van der Waals surface area contributed by atoms with E-state index in [1.807, 2.05) is 0 Å². The number of nitrogens with zero attached hydrogens (tertiary/aromatic N) is 3. The normalized spacial score (nSPS) is 13.9. The molecular weight excluding hydrogens is 1040 g/mol. The second-order valence-electron chi connectivity index (χ2n) is 26.4. The van der Waals surface area contributed by atoms with Gasteiger partial charge in [-0.3, -0.25) is 0 Å². The fraction of sp³-hybridized carbons (Fsp3) is 0.100. The second-order valence-corrected chi connectivity index (χ2v) is 26.4. The average Bonchev–Trinajstić information content (AvgIpc) is 0.712. The minimum atomic E-state index is -0.182. The molecule has 0 fully saturated rings. The summed E-state index contributed by atoms with van der Waals surface area (Å²) in [5.41, 5.74) is 20.1. The number of benzene rings is 14. The van der Waals surface area contributed by atoms with Gasteiger partial charge in [0.2, 0.25) is 0 Å². The van der Waals surface area contributed by atoms with Crippen LogP contribution in [0.15, 0.2) is 249 Å². The van der Waals surface area contributed by atoms with Crippen LogP contribution in [0.25, 0.3) is 64.6 Å². The van der Waals surface area contributed by atoms with Crippen LogP contribution in [0, 0.1) is 0 Å². The van der Waals surface area contributed by atoms with Crippen LogP contribution < -0.4 is 52.2 Å². The molecule has 0 aromatic heterocycles. The third-order valence-electron chi connectivity index (χ3n) is 19.5. The molecule has 4 nitrogen and oxygen atoms in total. The summed E-state index contributed by atoms with van der Waals surface area (Å²) in [6.45, 7) is 13.8. The van der Waals surface area contributed by atoms with Gasteiger partial charge in [0.25, 0.3) is 13.4 Å². The highest BCUT2D eigenvalue weighted by atomic mass is 16.5. The molecule has 4 heterocycles. The lowest BCUT2D eigenvalue weighted by Crippen LogP contribution is -2.64. The molecule has 0 N–H and O–H groups in total. The van der Waals surface area contributed by atoms with Crippen LogP contribution in [0.4, 0.5) is 51.2 Å². The molecule has 0 saturated heterocycles. The number of fused-ring (bicyclic) bond motifs is 20. The molecule has 0 aliphatic carbocycles. The zero-order valence-electron chi connectivity index (χ0n) is 49.1. The van der Waals surface area contributed by atoms with Gasteiger partial charge in [-0.25, -0.2) is 0 Å². The molecule has 0 saturated carbocycles. The van der Waals surface area contributed by atoms with E-state index >= 15 is 0 Å². The van der Waals surface area contributed by atoms with Crippen molar-refractivity contribution in [3.05, 3.63) is 260 Å². The maximum absolute atomic E-state index is 7.72. The van der Waals surface area contributed by atoms with Crippen molar-refractivity contribution in [2.45, 2.75) is 52.4 Å². The molecule has 4 aliphatic rings. The number of para-hydroxylation sites is 3. The fourth-order valence-electron chi connectivity index (χ4n) is 15.5. The van der Waals surface area contributed by atoms with Gasteiger partial charge >= 0.3 is 0 Å². The molecule has 0 radical (unpaired) electrons. The zero-order chi connectivity index (χ0) is 57.5. The minimum absolute atomic E-state index is 0.102. The van der Waals surface area contributed by atoms with Gasteiger partial charge in [0, 0.05) is 57.3 Å². The van der Waals surface area contributed by atoms with E-state index in [-0.39, 0.29) is 24.3 Å². The highest BCUT2D eigenvalue weighted by Gasteiger charge is 2.48. The van der Waals surface area contributed by atoms with Gasteiger partial charge in [-0.2, -0.15) is 0 Å². The maximum atomic E-state index is 7.72. The van der Waals surface area contributed by atoms with Crippen molar-refractivity contribution < 1.29 is 4.74 Å². The summed E-state index contributed by atoms with van der Waals surface area (Å²) in [5.74, 6) is 1.80. The highest BCUT2D eigenvalue weighted by Crippen LogP contribution is 2.51. The van der Waals surface area contributed by atoms with E-state index in [9.17, 15) is 0 Å². The molecule has 6 heteroatoms. The molecule has 86 heavy (non-hydrogen) atoms. The van der Waals surface area contributed by atoms with Crippen LogP contribution in [-0.4, -0.2) is 13.4 Å². The molecule has 0 spiro atoms. The predicted octanol–water partition coefficient (Wildman–Crippen LogP) is 17.7. The number of hydrogen-bond acceptors (Lipinski definition) is 4. The smallest absolute Gasteiger partial charge is 0.256 e. The van der Waals surface area contributed by atoms with Gasteiger partial charge in [0.15, 0.2) is 0 Å². The van der Waals surface area contributed by atoms with E-state index in [1.165, 1.54) is 131 Å². The van der Waals surface area contributed by atoms with Crippen LogP contribution in [0.2, 0.25) is 0 Å². The zero-order valence-corrected chi connectivity index (χ0v) is 49.1. The Balaban J connectivity index is 0.918. The first-order valence-electron chi connectivity index (χ1n) is 30.5. The van der Waals surface area contributed by atoms with Crippen LogP contribution in [-0.2, 0) is 10.8 Å². The molecule has 14 aromatic rings. The number of hydrogen-bond donors (Lipinski definition) is 0. The lowest BCUT2D eigenvalue weighted by molar-refractivity contribution is 0.483. The molecule has 0 bridgehead atoms.